The molecule has 0 aromatic heterocycles. The van der Waals surface area contributed by atoms with Gasteiger partial charge in [-0.15, -0.1) is 0 Å². The molecule has 0 saturated heterocycles. The molecule has 0 heterocycles. The molecule has 1 aliphatic rings. The number of nitrogens with zero attached hydrogens (tertiary/aromatic N) is 1. The number of amides is 1. The summed E-state index contributed by atoms with van der Waals surface area (Å²) in [7, 11) is 0. The summed E-state index contributed by atoms with van der Waals surface area (Å²) in [6, 6.07) is 0.217. The maximum absolute atomic E-state index is 11.7. The molecule has 0 aromatic carbocycles. The van der Waals surface area contributed by atoms with Gasteiger partial charge in [-0.3, -0.25) is 4.79 Å². The highest BCUT2D eigenvalue weighted by atomic mass is 16.4. The van der Waals surface area contributed by atoms with Crippen LogP contribution in [0.2, 0.25) is 0 Å². The van der Waals surface area contributed by atoms with Crippen LogP contribution in [0.4, 0.5) is 0 Å². The molecule has 0 bridgehead atoms. The van der Waals surface area contributed by atoms with Gasteiger partial charge in [0.15, 0.2) is 5.84 Å². The molecule has 1 fully saturated rings. The molecule has 92 valence electrons. The van der Waals surface area contributed by atoms with Gasteiger partial charge in [-0.1, -0.05) is 24.9 Å². The molecule has 1 rings (SSSR count). The SMILES string of the molecule is CCC(CC1CC1)NC(=O)C(C)C(N)=NO. The van der Waals surface area contributed by atoms with Crippen LogP contribution in [0.3, 0.4) is 0 Å². The minimum absolute atomic E-state index is 0.0428. The molecule has 2 atom stereocenters. The predicted octanol–water partition coefficient (Wildman–Crippen LogP) is 1.06. The summed E-state index contributed by atoms with van der Waals surface area (Å²) in [6.07, 6.45) is 4.53. The third-order valence-corrected chi connectivity index (χ3v) is 3.11. The highest BCUT2D eigenvalue weighted by Crippen LogP contribution is 2.34. The highest BCUT2D eigenvalue weighted by molar-refractivity contribution is 6.01. The number of amidine groups is 1. The van der Waals surface area contributed by atoms with Gasteiger partial charge in [-0.2, -0.15) is 0 Å². The van der Waals surface area contributed by atoms with Crippen LogP contribution in [0.5, 0.6) is 0 Å². The summed E-state index contributed by atoms with van der Waals surface area (Å²) >= 11 is 0. The van der Waals surface area contributed by atoms with Crippen molar-refractivity contribution in [2.24, 2.45) is 22.7 Å². The van der Waals surface area contributed by atoms with Gasteiger partial charge in [0.05, 0.1) is 5.92 Å². The Labute approximate surface area is 96.1 Å². The third kappa shape index (κ3) is 3.72. The molecule has 0 aliphatic heterocycles. The fraction of sp³-hybridized carbons (Fsp3) is 0.818. The zero-order chi connectivity index (χ0) is 12.1. The minimum atomic E-state index is -0.571. The lowest BCUT2D eigenvalue weighted by Gasteiger charge is -2.19. The van der Waals surface area contributed by atoms with Gasteiger partial charge < -0.3 is 16.3 Å². The van der Waals surface area contributed by atoms with E-state index in [1.807, 2.05) is 0 Å². The monoisotopic (exact) mass is 227 g/mol. The summed E-state index contributed by atoms with van der Waals surface area (Å²) in [5, 5.41) is 14.3. The molecule has 0 radical (unpaired) electrons. The Morgan fingerprint density at radius 2 is 2.25 bits per heavy atom. The Morgan fingerprint density at radius 1 is 1.62 bits per heavy atom. The number of oxime groups is 1. The summed E-state index contributed by atoms with van der Waals surface area (Å²) in [6.45, 7) is 3.69. The number of rotatable bonds is 6. The molecular weight excluding hydrogens is 206 g/mol. The minimum Gasteiger partial charge on any atom is -0.409 e. The van der Waals surface area contributed by atoms with Gasteiger partial charge >= 0.3 is 0 Å². The molecule has 1 saturated carbocycles. The Balaban J connectivity index is 2.40. The molecular formula is C11H21N3O2. The topological polar surface area (TPSA) is 87.7 Å². The van der Waals surface area contributed by atoms with Crippen molar-refractivity contribution in [2.45, 2.75) is 45.6 Å². The Kier molecular flexibility index (Phi) is 4.58. The number of hydrogen-bond donors (Lipinski definition) is 3. The van der Waals surface area contributed by atoms with E-state index >= 15 is 0 Å². The van der Waals surface area contributed by atoms with Gasteiger partial charge in [-0.05, 0) is 25.7 Å². The van der Waals surface area contributed by atoms with Crippen molar-refractivity contribution < 1.29 is 10.0 Å². The van der Waals surface area contributed by atoms with Crippen molar-refractivity contribution in [3.63, 3.8) is 0 Å². The van der Waals surface area contributed by atoms with Crippen molar-refractivity contribution in [3.05, 3.63) is 0 Å². The Hall–Kier alpha value is -1.26. The lowest BCUT2D eigenvalue weighted by Crippen LogP contribution is -2.42. The van der Waals surface area contributed by atoms with Gasteiger partial charge in [0.1, 0.15) is 0 Å². The quantitative estimate of drug-likeness (QED) is 0.274. The summed E-state index contributed by atoms with van der Waals surface area (Å²) in [4.78, 5) is 11.7. The van der Waals surface area contributed by atoms with Gasteiger partial charge in [0, 0.05) is 6.04 Å². The molecule has 0 aromatic rings. The summed E-state index contributed by atoms with van der Waals surface area (Å²) < 4.78 is 0. The number of carbonyl (C=O) groups is 1. The van der Waals surface area contributed by atoms with Crippen molar-refractivity contribution in [2.75, 3.05) is 0 Å². The van der Waals surface area contributed by atoms with Crippen LogP contribution in [0.25, 0.3) is 0 Å². The largest absolute Gasteiger partial charge is 0.409 e. The highest BCUT2D eigenvalue weighted by Gasteiger charge is 2.27. The number of hydrogen-bond acceptors (Lipinski definition) is 3. The molecule has 16 heavy (non-hydrogen) atoms. The first kappa shape index (κ1) is 12.8. The lowest BCUT2D eigenvalue weighted by molar-refractivity contribution is -0.123. The van der Waals surface area contributed by atoms with Crippen LogP contribution in [0, 0.1) is 11.8 Å². The van der Waals surface area contributed by atoms with E-state index < -0.39 is 5.92 Å². The van der Waals surface area contributed by atoms with Crippen molar-refractivity contribution in [1.82, 2.24) is 5.32 Å². The molecule has 1 aliphatic carbocycles. The second-order valence-corrected chi connectivity index (χ2v) is 4.54. The average molecular weight is 227 g/mol. The second-order valence-electron chi connectivity index (χ2n) is 4.54. The van der Waals surface area contributed by atoms with E-state index in [4.69, 9.17) is 10.9 Å². The first-order chi connectivity index (χ1) is 7.58. The molecule has 5 nitrogen and oxygen atoms in total. The smallest absolute Gasteiger partial charge is 0.230 e. The van der Waals surface area contributed by atoms with Crippen molar-refractivity contribution >= 4 is 11.7 Å². The molecule has 1 amide bonds. The normalized spacial score (nSPS) is 20.2. The summed E-state index contributed by atoms with van der Waals surface area (Å²) in [5.74, 6) is 0.00393. The second kappa shape index (κ2) is 5.72. The first-order valence-corrected chi connectivity index (χ1v) is 5.86. The van der Waals surface area contributed by atoms with Gasteiger partial charge in [-0.25, -0.2) is 0 Å². The predicted molar refractivity (Wildman–Crippen MR) is 62.1 cm³/mol. The maximum atomic E-state index is 11.7. The van der Waals surface area contributed by atoms with E-state index in [1.54, 1.807) is 6.92 Å². The van der Waals surface area contributed by atoms with E-state index in [0.29, 0.717) is 0 Å². The Bertz CT molecular complexity index is 274. The molecule has 5 heteroatoms. The van der Waals surface area contributed by atoms with Crippen LogP contribution in [0.15, 0.2) is 5.16 Å². The van der Waals surface area contributed by atoms with Crippen molar-refractivity contribution in [3.8, 4) is 0 Å². The van der Waals surface area contributed by atoms with E-state index in [9.17, 15) is 4.79 Å². The van der Waals surface area contributed by atoms with Crippen LogP contribution in [0.1, 0.15) is 39.5 Å². The number of carbonyl (C=O) groups excluding carboxylic acids is 1. The number of nitrogens with one attached hydrogen (secondary N) is 1. The standard InChI is InChI=1S/C11H21N3O2/c1-3-9(6-8-4-5-8)13-11(15)7(2)10(12)14-16/h7-9,16H,3-6H2,1-2H3,(H2,12,14)(H,13,15). The molecule has 2 unspecified atom stereocenters. The lowest BCUT2D eigenvalue weighted by atomic mass is 10.1. The van der Waals surface area contributed by atoms with Crippen molar-refractivity contribution in [1.29, 1.82) is 0 Å². The zero-order valence-electron chi connectivity index (χ0n) is 9.94. The zero-order valence-corrected chi connectivity index (χ0v) is 9.94. The molecule has 4 N–H and O–H groups in total. The average Bonchev–Trinajstić information content (AvgIpc) is 3.09. The van der Waals surface area contributed by atoms with Crippen LogP contribution in [-0.2, 0) is 4.79 Å². The van der Waals surface area contributed by atoms with E-state index in [-0.39, 0.29) is 17.8 Å². The van der Waals surface area contributed by atoms with Crippen LogP contribution in [-0.4, -0.2) is 23.0 Å². The van der Waals surface area contributed by atoms with E-state index in [2.05, 4.69) is 17.4 Å². The maximum Gasteiger partial charge on any atom is 0.230 e. The summed E-state index contributed by atoms with van der Waals surface area (Å²) in [5.41, 5.74) is 5.39. The van der Waals surface area contributed by atoms with E-state index in [1.165, 1.54) is 12.8 Å². The Morgan fingerprint density at radius 3 is 2.69 bits per heavy atom. The van der Waals surface area contributed by atoms with Crippen LogP contribution < -0.4 is 11.1 Å². The van der Waals surface area contributed by atoms with Gasteiger partial charge in [0.2, 0.25) is 5.91 Å². The molecule has 0 spiro atoms. The van der Waals surface area contributed by atoms with Gasteiger partial charge in [0.25, 0.3) is 0 Å². The fourth-order valence-electron chi connectivity index (χ4n) is 1.63. The third-order valence-electron chi connectivity index (χ3n) is 3.11. The van der Waals surface area contributed by atoms with E-state index in [0.717, 1.165) is 18.8 Å². The fourth-order valence-corrected chi connectivity index (χ4v) is 1.63. The first-order valence-electron chi connectivity index (χ1n) is 5.86. The number of nitrogens with two attached hydrogens (primary N) is 1. The van der Waals surface area contributed by atoms with Crippen LogP contribution >= 0.6 is 0 Å².